The highest BCUT2D eigenvalue weighted by molar-refractivity contribution is 6.46. The molecule has 0 saturated carbocycles. The lowest BCUT2D eigenvalue weighted by atomic mass is 9.86. The number of benzene rings is 3. The maximum atomic E-state index is 13.9. The van der Waals surface area contributed by atoms with Crippen LogP contribution in [0.5, 0.6) is 0 Å². The summed E-state index contributed by atoms with van der Waals surface area (Å²) in [6, 6.07) is 19.8. The van der Waals surface area contributed by atoms with Gasteiger partial charge in [-0.2, -0.15) is 0 Å². The molecule has 8 heteroatoms. The molecule has 3 aromatic carbocycles. The summed E-state index contributed by atoms with van der Waals surface area (Å²) in [5.74, 6) is -1.26. The Morgan fingerprint density at radius 1 is 0.881 bits per heavy atom. The minimum atomic E-state index is -1.56. The number of aromatic nitrogens is 1. The number of hydrogen-bond donors (Lipinski definition) is 1. The van der Waals surface area contributed by atoms with Gasteiger partial charge in [0.05, 0.1) is 6.61 Å². The van der Waals surface area contributed by atoms with Gasteiger partial charge >= 0.3 is 5.97 Å². The number of ketones is 2. The molecule has 1 unspecified atom stereocenters. The maximum Gasteiger partial charge on any atom is 0.331 e. The van der Waals surface area contributed by atoms with Crippen LogP contribution in [-0.2, 0) is 26.5 Å². The SMILES string of the molecule is CCCCCC/C(=N\OC(C)=O)C(=O)c1ccc2c(c1)c1cc(C(=O)C(CO)(OC)c3ccccc3)ccc1n2CC. The first-order valence-corrected chi connectivity index (χ1v) is 14.4. The van der Waals surface area contributed by atoms with Crippen LogP contribution in [0.25, 0.3) is 21.8 Å². The smallest absolute Gasteiger partial charge is 0.331 e. The van der Waals surface area contributed by atoms with Gasteiger partial charge in [-0.05, 0) is 61.7 Å². The fourth-order valence-corrected chi connectivity index (χ4v) is 5.44. The van der Waals surface area contributed by atoms with Crippen molar-refractivity contribution in [3.8, 4) is 0 Å². The first-order valence-electron chi connectivity index (χ1n) is 14.4. The molecule has 4 rings (SSSR count). The van der Waals surface area contributed by atoms with Crippen LogP contribution < -0.4 is 0 Å². The standard InChI is InChI=1S/C34H38N2O6/c1-5-7-8-12-15-29(35-42-23(3)38)32(39)24-16-18-30-27(20-24)28-21-25(17-19-31(28)36(30)6-2)33(40)34(22-37,41-4)26-13-10-9-11-14-26/h9-11,13-14,16-21,37H,5-8,12,15,22H2,1-4H3/b35-29+. The van der Waals surface area contributed by atoms with Crippen molar-refractivity contribution in [1.82, 2.24) is 4.57 Å². The van der Waals surface area contributed by atoms with Crippen LogP contribution in [0.1, 0.15) is 79.2 Å². The molecule has 220 valence electrons. The number of aliphatic hydroxyl groups is 1. The molecule has 0 spiro atoms. The van der Waals surface area contributed by atoms with Crippen LogP contribution in [0.4, 0.5) is 0 Å². The number of carbonyl (C=O) groups is 3. The van der Waals surface area contributed by atoms with Crippen molar-refractivity contribution >= 4 is 45.1 Å². The maximum absolute atomic E-state index is 13.9. The topological polar surface area (TPSA) is 107 Å². The van der Waals surface area contributed by atoms with Crippen molar-refractivity contribution in [3.63, 3.8) is 0 Å². The molecule has 1 heterocycles. The van der Waals surface area contributed by atoms with E-state index in [4.69, 9.17) is 9.57 Å². The molecule has 0 aliphatic heterocycles. The van der Waals surface area contributed by atoms with Crippen LogP contribution in [0.15, 0.2) is 71.9 Å². The van der Waals surface area contributed by atoms with Gasteiger partial charge in [-0.1, -0.05) is 61.7 Å². The number of unbranched alkanes of at least 4 members (excludes halogenated alkanes) is 3. The van der Waals surface area contributed by atoms with Crippen molar-refractivity contribution in [3.05, 3.63) is 83.4 Å². The number of methoxy groups -OCH3 is 1. The van der Waals surface area contributed by atoms with Gasteiger partial charge in [0.15, 0.2) is 5.60 Å². The lowest BCUT2D eigenvalue weighted by Gasteiger charge is -2.29. The molecule has 8 nitrogen and oxygen atoms in total. The fourth-order valence-electron chi connectivity index (χ4n) is 5.44. The van der Waals surface area contributed by atoms with Gasteiger partial charge < -0.3 is 19.2 Å². The van der Waals surface area contributed by atoms with Crippen molar-refractivity contribution in [1.29, 1.82) is 0 Å². The third-order valence-corrected chi connectivity index (χ3v) is 7.70. The second kappa shape index (κ2) is 13.7. The normalized spacial score (nSPS) is 13.3. The van der Waals surface area contributed by atoms with E-state index in [0.29, 0.717) is 29.7 Å². The quantitative estimate of drug-likeness (QED) is 0.0602. The van der Waals surface area contributed by atoms with Gasteiger partial charge in [-0.3, -0.25) is 9.59 Å². The number of Topliss-reactive ketones (excluding diaryl/α,β-unsaturated/α-hetero) is 2. The number of nitrogens with zero attached hydrogens (tertiary/aromatic N) is 2. The van der Waals surface area contributed by atoms with E-state index >= 15 is 0 Å². The highest BCUT2D eigenvalue weighted by Crippen LogP contribution is 2.34. The summed E-state index contributed by atoms with van der Waals surface area (Å²) in [6.45, 7) is 5.55. The Morgan fingerprint density at radius 2 is 1.52 bits per heavy atom. The van der Waals surface area contributed by atoms with Gasteiger partial charge in [0.25, 0.3) is 0 Å². The van der Waals surface area contributed by atoms with Gasteiger partial charge in [0.2, 0.25) is 11.6 Å². The van der Waals surface area contributed by atoms with Crippen molar-refractivity contribution < 1.29 is 29.1 Å². The number of fused-ring (bicyclic) bond motifs is 3. The van der Waals surface area contributed by atoms with E-state index in [1.807, 2.05) is 31.2 Å². The van der Waals surface area contributed by atoms with Crippen LogP contribution in [0, 0.1) is 0 Å². The summed E-state index contributed by atoms with van der Waals surface area (Å²) in [7, 11) is 1.41. The number of ether oxygens (including phenoxy) is 1. The van der Waals surface area contributed by atoms with Crippen LogP contribution in [0.3, 0.4) is 0 Å². The molecule has 0 bridgehead atoms. The summed E-state index contributed by atoms with van der Waals surface area (Å²) < 4.78 is 7.80. The second-order valence-corrected chi connectivity index (χ2v) is 10.4. The Morgan fingerprint density at radius 3 is 2.10 bits per heavy atom. The van der Waals surface area contributed by atoms with Gasteiger partial charge in [0.1, 0.15) is 5.71 Å². The summed E-state index contributed by atoms with van der Waals surface area (Å²) in [6.07, 6.45) is 4.21. The lowest BCUT2D eigenvalue weighted by molar-refractivity contribution is -0.140. The minimum absolute atomic E-state index is 0.200. The molecular formula is C34H38N2O6. The van der Waals surface area contributed by atoms with E-state index in [2.05, 4.69) is 16.6 Å². The zero-order valence-corrected chi connectivity index (χ0v) is 24.7. The van der Waals surface area contributed by atoms with E-state index in [1.54, 1.807) is 42.5 Å². The van der Waals surface area contributed by atoms with Crippen molar-refractivity contribution in [2.24, 2.45) is 5.16 Å². The largest absolute Gasteiger partial charge is 0.392 e. The Kier molecular flexibility index (Phi) is 10.0. The summed E-state index contributed by atoms with van der Waals surface area (Å²) in [4.78, 5) is 43.8. The Labute approximate surface area is 245 Å². The Hall–Kier alpha value is -4.14. The Balaban J connectivity index is 1.80. The molecular weight excluding hydrogens is 532 g/mol. The molecule has 1 atom stereocenters. The number of carbonyl (C=O) groups excluding carboxylic acids is 3. The number of hydrogen-bond acceptors (Lipinski definition) is 7. The van der Waals surface area contributed by atoms with Crippen LogP contribution in [-0.4, -0.2) is 46.6 Å². The van der Waals surface area contributed by atoms with E-state index < -0.39 is 18.2 Å². The van der Waals surface area contributed by atoms with E-state index in [9.17, 15) is 19.5 Å². The number of oxime groups is 1. The van der Waals surface area contributed by atoms with Crippen LogP contribution in [0.2, 0.25) is 0 Å². The molecule has 1 N–H and O–H groups in total. The average Bonchev–Trinajstić information content (AvgIpc) is 3.33. The fraction of sp³-hybridized carbons (Fsp3) is 0.353. The lowest BCUT2D eigenvalue weighted by Crippen LogP contribution is -2.41. The number of aryl methyl sites for hydroxylation is 1. The first kappa shape index (κ1) is 30.8. The van der Waals surface area contributed by atoms with Crippen LogP contribution >= 0.6 is 0 Å². The molecule has 1 aromatic heterocycles. The average molecular weight is 571 g/mol. The molecule has 0 radical (unpaired) electrons. The summed E-state index contributed by atoms with van der Waals surface area (Å²) in [5.41, 5.74) is 1.82. The monoisotopic (exact) mass is 570 g/mol. The van der Waals surface area contributed by atoms with E-state index in [-0.39, 0.29) is 17.3 Å². The predicted molar refractivity (Wildman–Crippen MR) is 164 cm³/mol. The van der Waals surface area contributed by atoms with E-state index in [1.165, 1.54) is 14.0 Å². The molecule has 0 saturated heterocycles. The third kappa shape index (κ3) is 6.05. The molecule has 0 fully saturated rings. The van der Waals surface area contributed by atoms with Crippen molar-refractivity contribution in [2.45, 2.75) is 65.0 Å². The highest BCUT2D eigenvalue weighted by Gasteiger charge is 2.40. The molecule has 0 aliphatic carbocycles. The summed E-state index contributed by atoms with van der Waals surface area (Å²) in [5, 5.41) is 15.9. The summed E-state index contributed by atoms with van der Waals surface area (Å²) >= 11 is 0. The number of rotatable bonds is 14. The molecule has 0 aliphatic rings. The third-order valence-electron chi connectivity index (χ3n) is 7.70. The van der Waals surface area contributed by atoms with Gasteiger partial charge in [-0.15, -0.1) is 0 Å². The first-order chi connectivity index (χ1) is 20.3. The Bertz CT molecular complexity index is 1620. The minimum Gasteiger partial charge on any atom is -0.392 e. The van der Waals surface area contributed by atoms with Crippen molar-refractivity contribution in [2.75, 3.05) is 13.7 Å². The zero-order valence-electron chi connectivity index (χ0n) is 24.7. The zero-order chi connectivity index (χ0) is 30.3. The van der Waals surface area contributed by atoms with Gasteiger partial charge in [0, 0.05) is 53.5 Å². The molecule has 0 amide bonds. The molecule has 42 heavy (non-hydrogen) atoms. The van der Waals surface area contributed by atoms with E-state index in [0.717, 1.165) is 47.5 Å². The predicted octanol–water partition coefficient (Wildman–Crippen LogP) is 6.60. The van der Waals surface area contributed by atoms with Gasteiger partial charge in [-0.25, -0.2) is 4.79 Å². The highest BCUT2D eigenvalue weighted by atomic mass is 16.7. The molecule has 4 aromatic rings. The number of aliphatic hydroxyl groups excluding tert-OH is 1. The second-order valence-electron chi connectivity index (χ2n) is 10.4.